The van der Waals surface area contributed by atoms with E-state index < -0.39 is 0 Å². The molecule has 1 aliphatic rings. The third kappa shape index (κ3) is 2.38. The van der Waals surface area contributed by atoms with E-state index in [1.807, 2.05) is 0 Å². The van der Waals surface area contributed by atoms with Crippen LogP contribution in [0, 0.1) is 5.41 Å². The van der Waals surface area contributed by atoms with Crippen LogP contribution < -0.4 is 5.32 Å². The van der Waals surface area contributed by atoms with Crippen LogP contribution in [-0.2, 0) is 0 Å². The van der Waals surface area contributed by atoms with Crippen molar-refractivity contribution in [2.24, 2.45) is 5.41 Å². The van der Waals surface area contributed by atoms with Crippen LogP contribution in [0.4, 0.5) is 0 Å². The van der Waals surface area contributed by atoms with Gasteiger partial charge in [0.2, 0.25) is 0 Å². The van der Waals surface area contributed by atoms with Crippen LogP contribution >= 0.6 is 11.6 Å². The molecule has 78 valence electrons. The Morgan fingerprint density at radius 1 is 1.54 bits per heavy atom. The van der Waals surface area contributed by atoms with Gasteiger partial charge in [-0.2, -0.15) is 0 Å². The van der Waals surface area contributed by atoms with Crippen molar-refractivity contribution < 1.29 is 0 Å². The van der Waals surface area contributed by atoms with Crippen molar-refractivity contribution in [1.82, 2.24) is 5.32 Å². The predicted octanol–water partition coefficient (Wildman–Crippen LogP) is 3.17. The lowest BCUT2D eigenvalue weighted by molar-refractivity contribution is 0.106. The van der Waals surface area contributed by atoms with E-state index in [1.54, 1.807) is 0 Å². The third-order valence-corrected chi connectivity index (χ3v) is 4.10. The van der Waals surface area contributed by atoms with Crippen LogP contribution in [0.25, 0.3) is 0 Å². The van der Waals surface area contributed by atoms with Crippen LogP contribution in [0.2, 0.25) is 0 Å². The number of rotatable bonds is 4. The maximum atomic E-state index is 6.16. The van der Waals surface area contributed by atoms with Crippen LogP contribution in [0.1, 0.15) is 47.0 Å². The molecule has 1 fully saturated rings. The van der Waals surface area contributed by atoms with E-state index in [0.717, 1.165) is 6.42 Å². The summed E-state index contributed by atoms with van der Waals surface area (Å²) in [5.41, 5.74) is 0.281. The van der Waals surface area contributed by atoms with Crippen LogP contribution in [0.3, 0.4) is 0 Å². The lowest BCUT2D eigenvalue weighted by Crippen LogP contribution is -2.59. The molecular formula is C11H22ClN. The summed E-state index contributed by atoms with van der Waals surface area (Å²) in [5, 5.41) is 4.01. The highest BCUT2D eigenvalue weighted by atomic mass is 35.5. The van der Waals surface area contributed by atoms with E-state index in [9.17, 15) is 0 Å². The highest BCUT2D eigenvalue weighted by molar-refractivity contribution is 6.21. The van der Waals surface area contributed by atoms with Gasteiger partial charge >= 0.3 is 0 Å². The molecule has 1 N–H and O–H groups in total. The third-order valence-electron chi connectivity index (χ3n) is 3.36. The first-order chi connectivity index (χ1) is 5.98. The van der Waals surface area contributed by atoms with Gasteiger partial charge in [-0.1, -0.05) is 27.2 Å². The lowest BCUT2D eigenvalue weighted by Gasteiger charge is -2.50. The average molecular weight is 204 g/mol. The van der Waals surface area contributed by atoms with Gasteiger partial charge in [0, 0.05) is 17.5 Å². The van der Waals surface area contributed by atoms with Crippen molar-refractivity contribution in [1.29, 1.82) is 0 Å². The number of hydrogen-bond donors (Lipinski definition) is 1. The minimum Gasteiger partial charge on any atom is -0.311 e. The SMILES string of the molecule is CCCC(C)NC1CC(Cl)C1(C)C. The highest BCUT2D eigenvalue weighted by Crippen LogP contribution is 2.44. The molecule has 1 rings (SSSR count). The molecule has 0 radical (unpaired) electrons. The predicted molar refractivity (Wildman–Crippen MR) is 59.3 cm³/mol. The molecule has 0 aromatic heterocycles. The first-order valence-electron chi connectivity index (χ1n) is 5.38. The monoisotopic (exact) mass is 203 g/mol. The van der Waals surface area contributed by atoms with Crippen LogP contribution in [0.5, 0.6) is 0 Å². The second-order valence-corrected chi connectivity index (χ2v) is 5.46. The van der Waals surface area contributed by atoms with E-state index >= 15 is 0 Å². The Labute approximate surface area is 87.2 Å². The molecule has 0 spiro atoms. The van der Waals surface area contributed by atoms with Crippen LogP contribution in [-0.4, -0.2) is 17.5 Å². The van der Waals surface area contributed by atoms with E-state index in [2.05, 4.69) is 33.0 Å². The Morgan fingerprint density at radius 2 is 2.15 bits per heavy atom. The quantitative estimate of drug-likeness (QED) is 0.693. The van der Waals surface area contributed by atoms with Gasteiger partial charge in [0.25, 0.3) is 0 Å². The summed E-state index contributed by atoms with van der Waals surface area (Å²) in [7, 11) is 0. The number of hydrogen-bond acceptors (Lipinski definition) is 1. The first kappa shape index (κ1) is 11.3. The molecule has 3 unspecified atom stereocenters. The molecule has 1 saturated carbocycles. The summed E-state index contributed by atoms with van der Waals surface area (Å²) in [4.78, 5) is 0. The molecule has 0 saturated heterocycles. The minimum atomic E-state index is 0.281. The van der Waals surface area contributed by atoms with Gasteiger partial charge in [0.05, 0.1) is 0 Å². The van der Waals surface area contributed by atoms with Gasteiger partial charge in [-0.05, 0) is 25.2 Å². The summed E-state index contributed by atoms with van der Waals surface area (Å²) in [6.45, 7) is 9.00. The van der Waals surface area contributed by atoms with Gasteiger partial charge in [-0.15, -0.1) is 11.6 Å². The van der Waals surface area contributed by atoms with Gasteiger partial charge in [-0.3, -0.25) is 0 Å². The molecule has 0 aliphatic heterocycles. The van der Waals surface area contributed by atoms with E-state index in [-0.39, 0.29) is 5.41 Å². The summed E-state index contributed by atoms with van der Waals surface area (Å²) in [6, 6.07) is 1.26. The van der Waals surface area contributed by atoms with Gasteiger partial charge in [0.1, 0.15) is 0 Å². The average Bonchev–Trinajstić information content (AvgIpc) is 2.04. The Kier molecular flexibility index (Phi) is 3.64. The molecule has 0 heterocycles. The lowest BCUT2D eigenvalue weighted by atomic mass is 9.66. The molecule has 0 amide bonds. The van der Waals surface area contributed by atoms with E-state index in [4.69, 9.17) is 11.6 Å². The zero-order valence-corrected chi connectivity index (χ0v) is 9.99. The van der Waals surface area contributed by atoms with Crippen molar-refractivity contribution in [3.63, 3.8) is 0 Å². The summed E-state index contributed by atoms with van der Waals surface area (Å²) < 4.78 is 0. The number of alkyl halides is 1. The molecular weight excluding hydrogens is 182 g/mol. The van der Waals surface area contributed by atoms with Gasteiger partial charge in [0.15, 0.2) is 0 Å². The highest BCUT2D eigenvalue weighted by Gasteiger charge is 2.47. The standard InChI is InChI=1S/C11H22ClN/c1-5-6-8(2)13-10-7-9(12)11(10,3)4/h8-10,13H,5-7H2,1-4H3. The van der Waals surface area contributed by atoms with Crippen molar-refractivity contribution in [2.45, 2.75) is 64.4 Å². The molecule has 1 aliphatic carbocycles. The van der Waals surface area contributed by atoms with E-state index in [1.165, 1.54) is 12.8 Å². The van der Waals surface area contributed by atoms with E-state index in [0.29, 0.717) is 17.5 Å². The Balaban J connectivity index is 2.31. The number of halogens is 1. The molecule has 13 heavy (non-hydrogen) atoms. The zero-order chi connectivity index (χ0) is 10.1. The molecule has 1 nitrogen and oxygen atoms in total. The fourth-order valence-electron chi connectivity index (χ4n) is 2.01. The van der Waals surface area contributed by atoms with Gasteiger partial charge in [-0.25, -0.2) is 0 Å². The topological polar surface area (TPSA) is 12.0 Å². The molecule has 2 heteroatoms. The van der Waals surface area contributed by atoms with Crippen molar-refractivity contribution in [3.8, 4) is 0 Å². The fraction of sp³-hybridized carbons (Fsp3) is 1.00. The van der Waals surface area contributed by atoms with Crippen molar-refractivity contribution in [2.75, 3.05) is 0 Å². The fourth-order valence-corrected chi connectivity index (χ4v) is 2.35. The smallest absolute Gasteiger partial charge is 0.0416 e. The second kappa shape index (κ2) is 4.18. The summed E-state index contributed by atoms with van der Waals surface area (Å²) in [5.74, 6) is 0. The molecule has 0 bridgehead atoms. The Hall–Kier alpha value is 0.250. The first-order valence-corrected chi connectivity index (χ1v) is 5.82. The maximum Gasteiger partial charge on any atom is 0.0416 e. The molecule has 0 aromatic rings. The zero-order valence-electron chi connectivity index (χ0n) is 9.23. The minimum absolute atomic E-state index is 0.281. The summed E-state index contributed by atoms with van der Waals surface area (Å²) in [6.07, 6.45) is 3.65. The van der Waals surface area contributed by atoms with Gasteiger partial charge < -0.3 is 5.32 Å². The largest absolute Gasteiger partial charge is 0.311 e. The normalized spacial score (nSPS) is 33.9. The Bertz CT molecular complexity index is 167. The number of nitrogens with one attached hydrogen (secondary N) is 1. The van der Waals surface area contributed by atoms with Crippen molar-refractivity contribution >= 4 is 11.6 Å². The van der Waals surface area contributed by atoms with Crippen molar-refractivity contribution in [3.05, 3.63) is 0 Å². The second-order valence-electron chi connectivity index (χ2n) is 4.93. The van der Waals surface area contributed by atoms with Crippen LogP contribution in [0.15, 0.2) is 0 Å². The summed E-state index contributed by atoms with van der Waals surface area (Å²) >= 11 is 6.16. The molecule has 0 aromatic carbocycles. The Morgan fingerprint density at radius 3 is 2.54 bits per heavy atom. The maximum absolute atomic E-state index is 6.16. The molecule has 3 atom stereocenters.